The number of rotatable bonds is 9. The Morgan fingerprint density at radius 2 is 1.95 bits per heavy atom. The van der Waals surface area contributed by atoms with E-state index in [0.717, 1.165) is 45.4 Å². The Morgan fingerprint density at radius 1 is 1.26 bits per heavy atom. The number of nitrogens with two attached hydrogens (primary N) is 1. The van der Waals surface area contributed by atoms with Crippen LogP contribution in [0.4, 0.5) is 0 Å². The molecule has 0 unspecified atom stereocenters. The lowest BCUT2D eigenvalue weighted by Crippen LogP contribution is -2.53. The zero-order valence-corrected chi connectivity index (χ0v) is 13.0. The fourth-order valence-corrected chi connectivity index (χ4v) is 2.75. The van der Waals surface area contributed by atoms with Crippen molar-refractivity contribution in [3.8, 4) is 0 Å². The van der Waals surface area contributed by atoms with E-state index in [9.17, 15) is 0 Å². The van der Waals surface area contributed by atoms with Crippen LogP contribution in [0.25, 0.3) is 0 Å². The van der Waals surface area contributed by atoms with Crippen molar-refractivity contribution in [2.45, 2.75) is 65.6 Å². The van der Waals surface area contributed by atoms with Gasteiger partial charge in [-0.1, -0.05) is 20.8 Å². The SMILES string of the molecule is CCCN(Cc1cnn(CC)c1)C(CC)(CC)CN. The van der Waals surface area contributed by atoms with Gasteiger partial charge in [-0.25, -0.2) is 0 Å². The number of hydrogen-bond acceptors (Lipinski definition) is 3. The summed E-state index contributed by atoms with van der Waals surface area (Å²) in [6.07, 6.45) is 7.49. The summed E-state index contributed by atoms with van der Waals surface area (Å²) in [6, 6.07) is 0. The Labute approximate surface area is 118 Å². The highest BCUT2D eigenvalue weighted by molar-refractivity contribution is 5.05. The van der Waals surface area contributed by atoms with Gasteiger partial charge in [0.2, 0.25) is 0 Å². The maximum Gasteiger partial charge on any atom is 0.0534 e. The normalized spacial score (nSPS) is 12.3. The van der Waals surface area contributed by atoms with Crippen molar-refractivity contribution in [2.75, 3.05) is 13.1 Å². The van der Waals surface area contributed by atoms with Crippen LogP contribution in [0, 0.1) is 0 Å². The minimum absolute atomic E-state index is 0.129. The first-order valence-electron chi connectivity index (χ1n) is 7.62. The van der Waals surface area contributed by atoms with Crippen LogP contribution in [-0.2, 0) is 13.1 Å². The molecule has 0 aliphatic carbocycles. The van der Waals surface area contributed by atoms with E-state index in [1.165, 1.54) is 5.56 Å². The first kappa shape index (κ1) is 16.2. The Morgan fingerprint density at radius 3 is 2.37 bits per heavy atom. The molecule has 1 rings (SSSR count). The van der Waals surface area contributed by atoms with Gasteiger partial charge in [0.15, 0.2) is 0 Å². The number of aromatic nitrogens is 2. The van der Waals surface area contributed by atoms with Crippen LogP contribution < -0.4 is 5.73 Å². The highest BCUT2D eigenvalue weighted by Gasteiger charge is 2.31. The first-order valence-corrected chi connectivity index (χ1v) is 7.62. The molecule has 0 radical (unpaired) electrons. The van der Waals surface area contributed by atoms with Gasteiger partial charge in [0.25, 0.3) is 0 Å². The maximum atomic E-state index is 6.08. The van der Waals surface area contributed by atoms with Gasteiger partial charge >= 0.3 is 0 Å². The van der Waals surface area contributed by atoms with Gasteiger partial charge in [-0.3, -0.25) is 9.58 Å². The molecule has 0 spiro atoms. The van der Waals surface area contributed by atoms with Crippen LogP contribution >= 0.6 is 0 Å². The van der Waals surface area contributed by atoms with Crippen molar-refractivity contribution in [1.82, 2.24) is 14.7 Å². The zero-order valence-electron chi connectivity index (χ0n) is 13.0. The van der Waals surface area contributed by atoms with Gasteiger partial charge in [-0.2, -0.15) is 5.10 Å². The summed E-state index contributed by atoms with van der Waals surface area (Å²) < 4.78 is 1.99. The van der Waals surface area contributed by atoms with Crippen LogP contribution in [0.5, 0.6) is 0 Å². The summed E-state index contributed by atoms with van der Waals surface area (Å²) in [4.78, 5) is 2.55. The molecule has 0 aliphatic heterocycles. The molecule has 1 aromatic rings. The monoisotopic (exact) mass is 266 g/mol. The molecule has 2 N–H and O–H groups in total. The summed E-state index contributed by atoms with van der Waals surface area (Å²) in [5, 5.41) is 4.37. The topological polar surface area (TPSA) is 47.1 Å². The van der Waals surface area contributed by atoms with E-state index in [4.69, 9.17) is 5.73 Å². The number of nitrogens with zero attached hydrogens (tertiary/aromatic N) is 3. The lowest BCUT2D eigenvalue weighted by atomic mass is 9.90. The third-order valence-corrected chi connectivity index (χ3v) is 4.24. The molecule has 0 bridgehead atoms. The Balaban J connectivity index is 2.86. The van der Waals surface area contributed by atoms with Crippen LogP contribution in [0.15, 0.2) is 12.4 Å². The Kier molecular flexibility index (Phi) is 6.52. The van der Waals surface area contributed by atoms with E-state index in [1.54, 1.807) is 0 Å². The maximum absolute atomic E-state index is 6.08. The molecular weight excluding hydrogens is 236 g/mol. The molecule has 1 heterocycles. The van der Waals surface area contributed by atoms with Gasteiger partial charge < -0.3 is 5.73 Å². The van der Waals surface area contributed by atoms with E-state index in [-0.39, 0.29) is 5.54 Å². The van der Waals surface area contributed by atoms with E-state index in [0.29, 0.717) is 0 Å². The molecule has 0 saturated carbocycles. The second kappa shape index (κ2) is 7.65. The van der Waals surface area contributed by atoms with E-state index in [2.05, 4.69) is 43.9 Å². The predicted octanol–water partition coefficient (Wildman–Crippen LogP) is 2.63. The molecule has 110 valence electrons. The molecule has 0 fully saturated rings. The predicted molar refractivity (Wildman–Crippen MR) is 81.0 cm³/mol. The zero-order chi connectivity index (χ0) is 14.3. The lowest BCUT2D eigenvalue weighted by molar-refractivity contribution is 0.0766. The number of hydrogen-bond donors (Lipinski definition) is 1. The summed E-state index contributed by atoms with van der Waals surface area (Å²) >= 11 is 0. The summed E-state index contributed by atoms with van der Waals surface area (Å²) in [5.74, 6) is 0. The Bertz CT molecular complexity index is 347. The van der Waals surface area contributed by atoms with Crippen molar-refractivity contribution < 1.29 is 0 Å². The summed E-state index contributed by atoms with van der Waals surface area (Å²) in [6.45, 7) is 12.5. The van der Waals surface area contributed by atoms with E-state index < -0.39 is 0 Å². The average Bonchev–Trinajstić information content (AvgIpc) is 2.89. The van der Waals surface area contributed by atoms with E-state index >= 15 is 0 Å². The number of aryl methyl sites for hydroxylation is 1. The van der Waals surface area contributed by atoms with Crippen LogP contribution in [-0.4, -0.2) is 33.3 Å². The average molecular weight is 266 g/mol. The summed E-state index contributed by atoms with van der Waals surface area (Å²) in [5.41, 5.74) is 7.50. The smallest absolute Gasteiger partial charge is 0.0534 e. The van der Waals surface area contributed by atoms with Crippen LogP contribution in [0.3, 0.4) is 0 Å². The summed E-state index contributed by atoms with van der Waals surface area (Å²) in [7, 11) is 0. The van der Waals surface area contributed by atoms with Crippen molar-refractivity contribution >= 4 is 0 Å². The molecule has 0 saturated heterocycles. The highest BCUT2D eigenvalue weighted by Crippen LogP contribution is 2.25. The quantitative estimate of drug-likeness (QED) is 0.747. The third kappa shape index (κ3) is 3.80. The minimum atomic E-state index is 0.129. The fraction of sp³-hybridized carbons (Fsp3) is 0.800. The lowest BCUT2D eigenvalue weighted by Gasteiger charge is -2.42. The van der Waals surface area contributed by atoms with Gasteiger partial charge in [0.05, 0.1) is 6.20 Å². The van der Waals surface area contributed by atoms with Crippen LogP contribution in [0.2, 0.25) is 0 Å². The minimum Gasteiger partial charge on any atom is -0.329 e. The highest BCUT2D eigenvalue weighted by atomic mass is 15.3. The molecule has 0 aliphatic rings. The molecule has 4 nitrogen and oxygen atoms in total. The Hall–Kier alpha value is -0.870. The third-order valence-electron chi connectivity index (χ3n) is 4.24. The fourth-order valence-electron chi connectivity index (χ4n) is 2.75. The largest absolute Gasteiger partial charge is 0.329 e. The molecule has 0 aromatic carbocycles. The molecule has 0 amide bonds. The van der Waals surface area contributed by atoms with Gasteiger partial charge in [0.1, 0.15) is 0 Å². The standard InChI is InChI=1S/C15H30N4/c1-5-9-18(15(6-2,7-3)13-16)11-14-10-17-19(8-4)12-14/h10,12H,5-9,11,13,16H2,1-4H3. The molecular formula is C15H30N4. The molecule has 4 heteroatoms. The second-order valence-electron chi connectivity index (χ2n) is 5.26. The molecule has 0 atom stereocenters. The van der Waals surface area contributed by atoms with E-state index in [1.807, 2.05) is 10.9 Å². The van der Waals surface area contributed by atoms with Gasteiger partial charge in [0, 0.05) is 36.9 Å². The van der Waals surface area contributed by atoms with Crippen LogP contribution in [0.1, 0.15) is 52.5 Å². The van der Waals surface area contributed by atoms with Gasteiger partial charge in [-0.15, -0.1) is 0 Å². The second-order valence-corrected chi connectivity index (χ2v) is 5.26. The molecule has 1 aromatic heterocycles. The first-order chi connectivity index (χ1) is 9.15. The van der Waals surface area contributed by atoms with Crippen molar-refractivity contribution in [2.24, 2.45) is 5.73 Å². The van der Waals surface area contributed by atoms with Gasteiger partial charge in [-0.05, 0) is 32.7 Å². The molecule has 19 heavy (non-hydrogen) atoms. The van der Waals surface area contributed by atoms with Crippen molar-refractivity contribution in [3.63, 3.8) is 0 Å². The van der Waals surface area contributed by atoms with Crippen molar-refractivity contribution in [3.05, 3.63) is 18.0 Å². The van der Waals surface area contributed by atoms with Crippen molar-refractivity contribution in [1.29, 1.82) is 0 Å².